The van der Waals surface area contributed by atoms with Crippen LogP contribution in [0.1, 0.15) is 22.3 Å². The van der Waals surface area contributed by atoms with Crippen molar-refractivity contribution in [2.24, 2.45) is 0 Å². The zero-order valence-electron chi connectivity index (χ0n) is 14.9. The molecule has 9 heteroatoms. The summed E-state index contributed by atoms with van der Waals surface area (Å²) in [6.07, 6.45) is 0.727. The van der Waals surface area contributed by atoms with Crippen molar-refractivity contribution in [1.29, 1.82) is 0 Å². The van der Waals surface area contributed by atoms with E-state index in [0.717, 1.165) is 11.4 Å². The largest absolute Gasteiger partial charge is 0.483 e. The summed E-state index contributed by atoms with van der Waals surface area (Å²) in [7, 11) is 0. The smallest absolute Gasteiger partial charge is 0.262 e. The van der Waals surface area contributed by atoms with Crippen molar-refractivity contribution >= 4 is 34.0 Å². The molecule has 28 heavy (non-hydrogen) atoms. The van der Waals surface area contributed by atoms with Crippen LogP contribution in [0.15, 0.2) is 48.5 Å². The number of carbonyl (C=O) groups is 2. The number of ether oxygens (including phenoxy) is 1. The number of nitrogens with zero attached hydrogens (tertiary/aromatic N) is 2. The second-order valence-electron chi connectivity index (χ2n) is 5.62. The number of aryl methyl sites for hydroxylation is 1. The van der Waals surface area contributed by atoms with Crippen LogP contribution in [0.5, 0.6) is 5.75 Å². The minimum atomic E-state index is -0.544. The van der Waals surface area contributed by atoms with Crippen LogP contribution in [0, 0.1) is 5.82 Å². The molecule has 0 fully saturated rings. The molecule has 0 saturated heterocycles. The van der Waals surface area contributed by atoms with Crippen molar-refractivity contribution in [1.82, 2.24) is 10.2 Å². The first-order valence-electron chi connectivity index (χ1n) is 8.46. The molecule has 0 atom stereocenters. The van der Waals surface area contributed by atoms with Gasteiger partial charge in [-0.15, -0.1) is 10.2 Å². The number of para-hydroxylation sites is 2. The van der Waals surface area contributed by atoms with E-state index >= 15 is 0 Å². The third-order valence-corrected chi connectivity index (χ3v) is 4.61. The topological polar surface area (TPSA) is 93.2 Å². The molecule has 0 aliphatic carbocycles. The van der Waals surface area contributed by atoms with Crippen LogP contribution < -0.4 is 15.4 Å². The molecule has 7 nitrogen and oxygen atoms in total. The Hall–Kier alpha value is -3.33. The van der Waals surface area contributed by atoms with Gasteiger partial charge in [0.15, 0.2) is 6.61 Å². The minimum absolute atomic E-state index is 0.0603. The van der Waals surface area contributed by atoms with Crippen molar-refractivity contribution in [3.63, 3.8) is 0 Å². The zero-order chi connectivity index (χ0) is 19.9. The molecule has 2 aromatic carbocycles. The summed E-state index contributed by atoms with van der Waals surface area (Å²) in [5.41, 5.74) is 0.305. The fourth-order valence-electron chi connectivity index (χ4n) is 2.28. The van der Waals surface area contributed by atoms with Crippen LogP contribution >= 0.6 is 11.3 Å². The van der Waals surface area contributed by atoms with Crippen molar-refractivity contribution in [3.8, 4) is 5.75 Å². The summed E-state index contributed by atoms with van der Waals surface area (Å²) in [4.78, 5) is 24.5. The number of carbonyl (C=O) groups excluding carboxylic acids is 2. The van der Waals surface area contributed by atoms with Crippen LogP contribution in [0.3, 0.4) is 0 Å². The maximum Gasteiger partial charge on any atom is 0.262 e. The lowest BCUT2D eigenvalue weighted by molar-refractivity contribution is -0.118. The Kier molecular flexibility index (Phi) is 6.28. The molecule has 3 aromatic rings. The number of aromatic nitrogens is 2. The van der Waals surface area contributed by atoms with E-state index in [9.17, 15) is 14.0 Å². The Balaban J connectivity index is 1.64. The molecule has 2 N–H and O–H groups in total. The van der Waals surface area contributed by atoms with Gasteiger partial charge < -0.3 is 10.1 Å². The number of amides is 2. The van der Waals surface area contributed by atoms with Crippen molar-refractivity contribution in [2.75, 3.05) is 17.2 Å². The average Bonchev–Trinajstić information content (AvgIpc) is 3.16. The highest BCUT2D eigenvalue weighted by Crippen LogP contribution is 2.22. The molecule has 0 radical (unpaired) electrons. The van der Waals surface area contributed by atoms with E-state index < -0.39 is 17.6 Å². The van der Waals surface area contributed by atoms with Crippen molar-refractivity contribution in [3.05, 3.63) is 64.9 Å². The molecule has 0 saturated carbocycles. The van der Waals surface area contributed by atoms with Gasteiger partial charge in [0.05, 0.1) is 11.3 Å². The molecule has 144 valence electrons. The maximum atomic E-state index is 13.6. The van der Waals surface area contributed by atoms with Crippen molar-refractivity contribution < 1.29 is 18.7 Å². The van der Waals surface area contributed by atoms with Gasteiger partial charge in [-0.3, -0.25) is 14.9 Å². The Bertz CT molecular complexity index is 993. The Morgan fingerprint density at radius 2 is 1.82 bits per heavy atom. The number of hydrogen-bond acceptors (Lipinski definition) is 6. The maximum absolute atomic E-state index is 13.6. The monoisotopic (exact) mass is 400 g/mol. The Morgan fingerprint density at radius 3 is 2.57 bits per heavy atom. The highest BCUT2D eigenvalue weighted by molar-refractivity contribution is 7.15. The van der Waals surface area contributed by atoms with Gasteiger partial charge in [0.1, 0.15) is 16.6 Å². The molecule has 3 rings (SSSR count). The van der Waals surface area contributed by atoms with E-state index in [0.29, 0.717) is 5.13 Å². The molecular formula is C19H17FN4O3S. The van der Waals surface area contributed by atoms with E-state index in [4.69, 9.17) is 4.74 Å². The van der Waals surface area contributed by atoms with E-state index in [2.05, 4.69) is 20.8 Å². The fraction of sp³-hybridized carbons (Fsp3) is 0.158. The van der Waals surface area contributed by atoms with Gasteiger partial charge >= 0.3 is 0 Å². The molecular weight excluding hydrogens is 383 g/mol. The fourth-order valence-corrected chi connectivity index (χ4v) is 2.96. The predicted molar refractivity (Wildman–Crippen MR) is 104 cm³/mol. The van der Waals surface area contributed by atoms with Crippen molar-refractivity contribution in [2.45, 2.75) is 13.3 Å². The number of anilines is 2. The van der Waals surface area contributed by atoms with E-state index in [1.807, 2.05) is 6.92 Å². The van der Waals surface area contributed by atoms with Gasteiger partial charge in [-0.2, -0.15) is 0 Å². The molecule has 0 bridgehead atoms. The lowest BCUT2D eigenvalue weighted by Gasteiger charge is -2.11. The molecule has 1 aromatic heterocycles. The van der Waals surface area contributed by atoms with Crippen LogP contribution in [0.25, 0.3) is 0 Å². The number of rotatable bonds is 7. The Labute approximate surface area is 164 Å². The molecule has 1 heterocycles. The van der Waals surface area contributed by atoms with Crippen LogP contribution in [-0.4, -0.2) is 28.6 Å². The zero-order valence-corrected chi connectivity index (χ0v) is 15.8. The highest BCUT2D eigenvalue weighted by Gasteiger charge is 2.16. The standard InChI is InChI=1S/C19H17FN4O3S/c1-2-17-23-24-19(28-17)22-18(26)12-7-3-6-10-15(12)27-11-16(25)21-14-9-5-4-8-13(14)20/h3-10H,2,11H2,1H3,(H,21,25)(H,22,24,26). The van der Waals surface area contributed by atoms with Gasteiger partial charge in [0.25, 0.3) is 11.8 Å². The quantitative estimate of drug-likeness (QED) is 0.633. The van der Waals surface area contributed by atoms with Gasteiger partial charge in [0.2, 0.25) is 5.13 Å². The lowest BCUT2D eigenvalue weighted by atomic mass is 10.2. The summed E-state index contributed by atoms with van der Waals surface area (Å²) in [5.74, 6) is -1.29. The normalized spacial score (nSPS) is 10.4. The summed E-state index contributed by atoms with van der Waals surface area (Å²) < 4.78 is 19.1. The molecule has 2 amide bonds. The second-order valence-corrected chi connectivity index (χ2v) is 6.68. The molecule has 0 aliphatic heterocycles. The third kappa shape index (κ3) is 4.89. The van der Waals surface area contributed by atoms with E-state index in [1.54, 1.807) is 30.3 Å². The summed E-state index contributed by atoms with van der Waals surface area (Å²) in [6, 6.07) is 12.3. The molecule has 0 unspecified atom stereocenters. The number of halogens is 1. The van der Waals surface area contributed by atoms with Crippen LogP contribution in [0.4, 0.5) is 15.2 Å². The average molecular weight is 400 g/mol. The predicted octanol–water partition coefficient (Wildman–Crippen LogP) is 3.51. The number of benzene rings is 2. The van der Waals surface area contributed by atoms with E-state index in [1.165, 1.54) is 29.5 Å². The van der Waals surface area contributed by atoms with Gasteiger partial charge in [0, 0.05) is 0 Å². The number of nitrogens with one attached hydrogen (secondary N) is 2. The van der Waals surface area contributed by atoms with Gasteiger partial charge in [-0.05, 0) is 30.7 Å². The minimum Gasteiger partial charge on any atom is -0.483 e. The first-order chi connectivity index (χ1) is 13.6. The SMILES string of the molecule is CCc1nnc(NC(=O)c2ccccc2OCC(=O)Nc2ccccc2F)s1. The second kappa shape index (κ2) is 9.05. The van der Waals surface area contributed by atoms with Gasteiger partial charge in [-0.25, -0.2) is 4.39 Å². The summed E-state index contributed by atoms with van der Waals surface area (Å²) in [6.45, 7) is 1.57. The van der Waals surface area contributed by atoms with Crippen LogP contribution in [-0.2, 0) is 11.2 Å². The van der Waals surface area contributed by atoms with Crippen LogP contribution in [0.2, 0.25) is 0 Å². The van der Waals surface area contributed by atoms with Gasteiger partial charge in [-0.1, -0.05) is 42.5 Å². The lowest BCUT2D eigenvalue weighted by Crippen LogP contribution is -2.22. The first-order valence-corrected chi connectivity index (χ1v) is 9.28. The third-order valence-electron chi connectivity index (χ3n) is 3.63. The highest BCUT2D eigenvalue weighted by atomic mass is 32.1. The Morgan fingerprint density at radius 1 is 1.07 bits per heavy atom. The number of hydrogen-bond donors (Lipinski definition) is 2. The van der Waals surface area contributed by atoms with E-state index in [-0.39, 0.29) is 23.6 Å². The molecule has 0 aliphatic rings. The molecule has 0 spiro atoms. The summed E-state index contributed by atoms with van der Waals surface area (Å²) in [5, 5.41) is 14.1. The first kappa shape index (κ1) is 19.4. The summed E-state index contributed by atoms with van der Waals surface area (Å²) >= 11 is 1.29.